The van der Waals surface area contributed by atoms with Crippen molar-refractivity contribution >= 4 is 22.3 Å². The molecule has 3 rings (SSSR count). The molecule has 1 fully saturated rings. The molecule has 0 bridgehead atoms. The number of methoxy groups -OCH3 is 1. The number of aryl methyl sites for hydroxylation is 1. The van der Waals surface area contributed by atoms with Crippen LogP contribution in [-0.4, -0.2) is 19.1 Å². The molecule has 5 heteroatoms. The topological polar surface area (TPSA) is 50.4 Å². The van der Waals surface area contributed by atoms with Crippen LogP contribution in [0.5, 0.6) is 0 Å². The van der Waals surface area contributed by atoms with Gasteiger partial charge in [0, 0.05) is 10.9 Å². The van der Waals surface area contributed by atoms with E-state index in [1.54, 1.807) is 0 Å². The average Bonchev–Trinajstić information content (AvgIpc) is 3.25. The van der Waals surface area contributed by atoms with Gasteiger partial charge in [0.1, 0.15) is 5.00 Å². The van der Waals surface area contributed by atoms with Gasteiger partial charge in [-0.05, 0) is 31.4 Å². The fourth-order valence-corrected chi connectivity index (χ4v) is 3.33. The van der Waals surface area contributed by atoms with Crippen molar-refractivity contribution in [1.29, 1.82) is 0 Å². The Morgan fingerprint density at radius 1 is 1.30 bits per heavy atom. The maximum Gasteiger partial charge on any atom is 0.340 e. The second-order valence-corrected chi connectivity index (χ2v) is 6.79. The largest absolute Gasteiger partial charge is 0.465 e. The molecule has 2 aromatic rings. The Morgan fingerprint density at radius 3 is 2.61 bits per heavy atom. The summed E-state index contributed by atoms with van der Waals surface area (Å²) < 4.78 is 4.90. The Hall–Kier alpha value is -2.27. The molecule has 0 atom stereocenters. The zero-order chi connectivity index (χ0) is 16.4. The molecule has 4 nitrogen and oxygen atoms in total. The number of carbonyl (C=O) groups excluding carboxylic acids is 1. The smallest absolute Gasteiger partial charge is 0.340 e. The molecule has 1 heterocycles. The molecule has 0 aliphatic heterocycles. The molecular formula is C18H20N2O2S. The monoisotopic (exact) mass is 328 g/mol. The number of ether oxygens (including phenoxy) is 1. The Balaban J connectivity index is 1.87. The van der Waals surface area contributed by atoms with E-state index in [9.17, 15) is 4.79 Å². The van der Waals surface area contributed by atoms with E-state index in [1.165, 1.54) is 36.9 Å². The van der Waals surface area contributed by atoms with Crippen LogP contribution >= 0.6 is 11.3 Å². The number of anilines is 1. The van der Waals surface area contributed by atoms with Crippen LogP contribution < -0.4 is 10.6 Å². The third-order valence-corrected chi connectivity index (χ3v) is 4.79. The summed E-state index contributed by atoms with van der Waals surface area (Å²) in [5.41, 5.74) is 2.82. The Kier molecular flexibility index (Phi) is 4.39. The highest BCUT2D eigenvalue weighted by Crippen LogP contribution is 2.36. The predicted molar refractivity (Wildman–Crippen MR) is 94.8 cm³/mol. The van der Waals surface area contributed by atoms with Crippen molar-refractivity contribution in [2.45, 2.75) is 25.8 Å². The highest BCUT2D eigenvalue weighted by Gasteiger charge is 2.23. The van der Waals surface area contributed by atoms with Gasteiger partial charge in [-0.1, -0.05) is 36.4 Å². The zero-order valence-corrected chi connectivity index (χ0v) is 14.1. The number of hydrogen-bond donors (Lipinski definition) is 2. The number of thiophene rings is 1. The van der Waals surface area contributed by atoms with Crippen molar-refractivity contribution in [3.05, 3.63) is 53.9 Å². The molecule has 0 amide bonds. The number of hydrogen-bond acceptors (Lipinski definition) is 5. The summed E-state index contributed by atoms with van der Waals surface area (Å²) >= 11 is 1.53. The predicted octanol–water partition coefficient (Wildman–Crippen LogP) is 4.15. The molecule has 1 saturated carbocycles. The Bertz CT molecular complexity index is 730. The van der Waals surface area contributed by atoms with Crippen LogP contribution in [0.1, 0.15) is 28.8 Å². The van der Waals surface area contributed by atoms with Gasteiger partial charge < -0.3 is 15.4 Å². The van der Waals surface area contributed by atoms with E-state index in [-0.39, 0.29) is 5.97 Å². The molecule has 120 valence electrons. The Labute approximate surface area is 140 Å². The van der Waals surface area contributed by atoms with Crippen molar-refractivity contribution in [2.75, 3.05) is 12.4 Å². The minimum Gasteiger partial charge on any atom is -0.465 e. The normalized spacial score (nSPS) is 13.5. The van der Waals surface area contributed by atoms with Crippen LogP contribution in [0.2, 0.25) is 0 Å². The average molecular weight is 328 g/mol. The van der Waals surface area contributed by atoms with Gasteiger partial charge in [0.15, 0.2) is 0 Å². The lowest BCUT2D eigenvalue weighted by molar-refractivity contribution is 0.0602. The fraction of sp³-hybridized carbons (Fsp3) is 0.278. The zero-order valence-electron chi connectivity index (χ0n) is 13.3. The molecule has 0 unspecified atom stereocenters. The first-order valence-corrected chi connectivity index (χ1v) is 8.40. The third-order valence-electron chi connectivity index (χ3n) is 3.69. The summed E-state index contributed by atoms with van der Waals surface area (Å²) in [6.07, 6.45) is 2.34. The van der Waals surface area contributed by atoms with Crippen LogP contribution in [0.15, 0.2) is 42.7 Å². The van der Waals surface area contributed by atoms with Crippen molar-refractivity contribution in [1.82, 2.24) is 5.32 Å². The van der Waals surface area contributed by atoms with Crippen LogP contribution in [0.25, 0.3) is 10.4 Å². The number of carbonyl (C=O) groups is 1. The van der Waals surface area contributed by atoms with Gasteiger partial charge in [0.05, 0.1) is 18.5 Å². The summed E-state index contributed by atoms with van der Waals surface area (Å²) in [5.74, 6) is 0.372. The van der Waals surface area contributed by atoms with Crippen molar-refractivity contribution < 1.29 is 9.53 Å². The van der Waals surface area contributed by atoms with Gasteiger partial charge in [-0.15, -0.1) is 11.3 Å². The molecule has 1 aromatic carbocycles. The minimum absolute atomic E-state index is 0.346. The van der Waals surface area contributed by atoms with E-state index >= 15 is 0 Å². The number of nitrogens with one attached hydrogen (secondary N) is 2. The minimum atomic E-state index is -0.346. The molecule has 23 heavy (non-hydrogen) atoms. The summed E-state index contributed by atoms with van der Waals surface area (Å²) in [7, 11) is 1.40. The molecule has 0 saturated heterocycles. The molecule has 2 N–H and O–H groups in total. The molecule has 0 spiro atoms. The van der Waals surface area contributed by atoms with Crippen LogP contribution in [0.4, 0.5) is 5.00 Å². The number of rotatable bonds is 6. The van der Waals surface area contributed by atoms with Crippen LogP contribution in [0.3, 0.4) is 0 Å². The lowest BCUT2D eigenvalue weighted by Crippen LogP contribution is -2.20. The van der Waals surface area contributed by atoms with Crippen LogP contribution in [0, 0.1) is 6.92 Å². The van der Waals surface area contributed by atoms with E-state index < -0.39 is 0 Å². The highest BCUT2D eigenvalue weighted by atomic mass is 32.1. The fourth-order valence-electron chi connectivity index (χ4n) is 2.25. The Morgan fingerprint density at radius 2 is 2.00 bits per heavy atom. The number of esters is 1. The molecule has 1 aliphatic rings. The van der Waals surface area contributed by atoms with Gasteiger partial charge in [0.2, 0.25) is 0 Å². The first-order valence-electron chi connectivity index (χ1n) is 7.58. The number of benzene rings is 1. The summed E-state index contributed by atoms with van der Waals surface area (Å²) in [6.45, 7) is 6.04. The standard InChI is InChI=1S/C18H20N2O2S/c1-11-4-6-13(7-5-11)16-10-15(18(21)22-3)17(23-16)20-12(2)19-14-8-9-14/h4-7,10,14,19-20H,2,8-9H2,1,3H3. The highest BCUT2D eigenvalue weighted by molar-refractivity contribution is 7.19. The van der Waals surface area contributed by atoms with E-state index in [1.807, 2.05) is 6.07 Å². The first kappa shape index (κ1) is 15.6. The van der Waals surface area contributed by atoms with E-state index in [0.29, 0.717) is 11.6 Å². The van der Waals surface area contributed by atoms with E-state index in [4.69, 9.17) is 4.74 Å². The van der Waals surface area contributed by atoms with Crippen molar-refractivity contribution in [2.24, 2.45) is 0 Å². The second-order valence-electron chi connectivity index (χ2n) is 5.73. The van der Waals surface area contributed by atoms with Crippen LogP contribution in [-0.2, 0) is 4.74 Å². The van der Waals surface area contributed by atoms with E-state index in [0.717, 1.165) is 21.3 Å². The summed E-state index contributed by atoms with van der Waals surface area (Å²) in [5, 5.41) is 7.26. The third kappa shape index (κ3) is 3.74. The molecule has 0 radical (unpaired) electrons. The molecular weight excluding hydrogens is 308 g/mol. The van der Waals surface area contributed by atoms with Crippen molar-refractivity contribution in [3.8, 4) is 10.4 Å². The van der Waals surface area contributed by atoms with E-state index in [2.05, 4.69) is 48.4 Å². The maximum atomic E-state index is 12.0. The first-order chi connectivity index (χ1) is 11.1. The summed E-state index contributed by atoms with van der Waals surface area (Å²) in [4.78, 5) is 13.1. The van der Waals surface area contributed by atoms with Gasteiger partial charge in [-0.2, -0.15) is 0 Å². The van der Waals surface area contributed by atoms with Gasteiger partial charge in [-0.25, -0.2) is 4.79 Å². The van der Waals surface area contributed by atoms with Gasteiger partial charge in [-0.3, -0.25) is 0 Å². The molecule has 1 aromatic heterocycles. The second kappa shape index (κ2) is 6.46. The summed E-state index contributed by atoms with van der Waals surface area (Å²) in [6, 6.07) is 10.6. The van der Waals surface area contributed by atoms with Gasteiger partial charge in [0.25, 0.3) is 0 Å². The maximum absolute atomic E-state index is 12.0. The lowest BCUT2D eigenvalue weighted by atomic mass is 10.1. The van der Waals surface area contributed by atoms with Crippen molar-refractivity contribution in [3.63, 3.8) is 0 Å². The lowest BCUT2D eigenvalue weighted by Gasteiger charge is -2.10. The van der Waals surface area contributed by atoms with Gasteiger partial charge >= 0.3 is 5.97 Å². The quantitative estimate of drug-likeness (QED) is 0.782. The SMILES string of the molecule is C=C(Nc1sc(-c2ccc(C)cc2)cc1C(=O)OC)NC1CC1. The molecule has 1 aliphatic carbocycles.